The molecule has 0 bridgehead atoms. The molecular weight excluding hydrogens is 451 g/mol. The molecule has 1 heterocycles. The second kappa shape index (κ2) is 9.73. The Labute approximate surface area is 185 Å². The number of halogens is 4. The lowest BCUT2D eigenvalue weighted by molar-refractivity contribution is -0.155. The van der Waals surface area contributed by atoms with Crippen molar-refractivity contribution in [3.8, 4) is 5.75 Å². The Kier molecular flexibility index (Phi) is 7.04. The molecule has 0 spiro atoms. The predicted octanol–water partition coefficient (Wildman–Crippen LogP) is 4.49. The Bertz CT molecular complexity index is 1100. The number of nitrogens with one attached hydrogen (secondary N) is 1. The molecule has 0 aliphatic rings. The van der Waals surface area contributed by atoms with Crippen molar-refractivity contribution in [2.45, 2.75) is 18.8 Å². The Morgan fingerprint density at radius 2 is 1.88 bits per heavy atom. The van der Waals surface area contributed by atoms with Crippen LogP contribution in [0.3, 0.4) is 0 Å². The lowest BCUT2D eigenvalue weighted by Gasteiger charge is -2.18. The highest BCUT2D eigenvalue weighted by molar-refractivity contribution is 6.32. The molecule has 3 aromatic rings. The van der Waals surface area contributed by atoms with Gasteiger partial charge in [0, 0.05) is 17.4 Å². The number of nitrogens with zero attached hydrogens (tertiary/aromatic N) is 2. The molecule has 168 valence electrons. The summed E-state index contributed by atoms with van der Waals surface area (Å²) in [5.41, 5.74) is -0.437. The Hall–Kier alpha value is -3.53. The second-order valence-corrected chi connectivity index (χ2v) is 6.92. The summed E-state index contributed by atoms with van der Waals surface area (Å²) in [5.74, 6) is -1.21. The number of amides is 1. The third kappa shape index (κ3) is 5.79. The summed E-state index contributed by atoms with van der Waals surface area (Å²) < 4.78 is 49.2. The normalized spacial score (nSPS) is 12.2. The molecule has 1 unspecified atom stereocenters. The lowest BCUT2D eigenvalue weighted by atomic mass is 10.1. The van der Waals surface area contributed by atoms with E-state index in [4.69, 9.17) is 21.1 Å². The molecule has 0 aliphatic heterocycles. The lowest BCUT2D eigenvalue weighted by Crippen LogP contribution is -2.27. The van der Waals surface area contributed by atoms with Crippen molar-refractivity contribution in [3.05, 3.63) is 77.1 Å². The van der Waals surface area contributed by atoms with Crippen LogP contribution in [0.4, 0.5) is 18.9 Å². The number of carbonyl (C=O) groups is 2. The van der Waals surface area contributed by atoms with E-state index in [1.165, 1.54) is 13.2 Å². The van der Waals surface area contributed by atoms with Gasteiger partial charge in [-0.05, 0) is 24.3 Å². The van der Waals surface area contributed by atoms with Crippen LogP contribution < -0.4 is 10.1 Å². The molecule has 0 saturated carbocycles. The molecule has 1 amide bonds. The number of anilines is 1. The van der Waals surface area contributed by atoms with Crippen molar-refractivity contribution in [2.75, 3.05) is 12.4 Å². The number of rotatable bonds is 7. The number of alkyl halides is 3. The molecule has 1 N–H and O–H groups in total. The van der Waals surface area contributed by atoms with Crippen LogP contribution in [-0.2, 0) is 27.0 Å². The maximum atomic E-state index is 12.9. The zero-order chi connectivity index (χ0) is 23.3. The van der Waals surface area contributed by atoms with Gasteiger partial charge in [0.15, 0.2) is 5.69 Å². The van der Waals surface area contributed by atoms with Crippen LogP contribution in [0.15, 0.2) is 60.8 Å². The first-order valence-electron chi connectivity index (χ1n) is 9.17. The molecule has 7 nitrogen and oxygen atoms in total. The molecule has 0 aliphatic carbocycles. The van der Waals surface area contributed by atoms with Crippen LogP contribution in [0.1, 0.15) is 17.4 Å². The minimum absolute atomic E-state index is 0.262. The molecule has 1 atom stereocenters. The highest BCUT2D eigenvalue weighted by atomic mass is 35.5. The second-order valence-electron chi connectivity index (χ2n) is 6.52. The van der Waals surface area contributed by atoms with Gasteiger partial charge >= 0.3 is 12.1 Å². The third-order valence-corrected chi connectivity index (χ3v) is 4.53. The third-order valence-electron chi connectivity index (χ3n) is 4.23. The summed E-state index contributed by atoms with van der Waals surface area (Å²) in [6.45, 7) is -0.610. The predicted molar refractivity (Wildman–Crippen MR) is 109 cm³/mol. The monoisotopic (exact) mass is 467 g/mol. The van der Waals surface area contributed by atoms with E-state index in [-0.39, 0.29) is 5.02 Å². The van der Waals surface area contributed by atoms with Crippen molar-refractivity contribution in [2.24, 2.45) is 0 Å². The van der Waals surface area contributed by atoms with Crippen molar-refractivity contribution < 1.29 is 32.2 Å². The molecule has 32 heavy (non-hydrogen) atoms. The SMILES string of the molecule is COc1ccc(NC(=O)C(OC(=O)Cn2ccc(C(F)(F)F)n2)c2ccccc2)cc1Cl. The molecule has 3 rings (SSSR count). The summed E-state index contributed by atoms with van der Waals surface area (Å²) in [6, 6.07) is 13.5. The standard InChI is InChI=1S/C21H17ClF3N3O4/c1-31-16-8-7-14(11-15(16)22)26-20(30)19(13-5-3-2-4-6-13)32-18(29)12-28-10-9-17(27-28)21(23,24)25/h2-11,19H,12H2,1H3,(H,26,30). The summed E-state index contributed by atoms with van der Waals surface area (Å²) in [5, 5.41) is 6.16. The first kappa shape index (κ1) is 23.1. The number of carbonyl (C=O) groups excluding carboxylic acids is 2. The molecule has 0 radical (unpaired) electrons. The van der Waals surface area contributed by atoms with Gasteiger partial charge in [-0.25, -0.2) is 0 Å². The van der Waals surface area contributed by atoms with E-state index in [2.05, 4.69) is 10.4 Å². The quantitative estimate of drug-likeness (QED) is 0.518. The minimum Gasteiger partial charge on any atom is -0.495 e. The summed E-state index contributed by atoms with van der Waals surface area (Å²) in [6.07, 6.45) is -5.00. The van der Waals surface area contributed by atoms with E-state index in [0.717, 1.165) is 16.9 Å². The number of hydrogen-bond donors (Lipinski definition) is 1. The maximum absolute atomic E-state index is 12.9. The molecule has 1 aromatic heterocycles. The highest BCUT2D eigenvalue weighted by Crippen LogP contribution is 2.29. The summed E-state index contributed by atoms with van der Waals surface area (Å²) in [4.78, 5) is 25.2. The van der Waals surface area contributed by atoms with Crippen LogP contribution in [0, 0.1) is 0 Å². The number of aromatic nitrogens is 2. The van der Waals surface area contributed by atoms with E-state index in [1.807, 2.05) is 0 Å². The maximum Gasteiger partial charge on any atom is 0.435 e. The number of hydrogen-bond acceptors (Lipinski definition) is 5. The minimum atomic E-state index is -4.64. The average molecular weight is 468 g/mol. The highest BCUT2D eigenvalue weighted by Gasteiger charge is 2.34. The van der Waals surface area contributed by atoms with E-state index in [0.29, 0.717) is 17.0 Å². The van der Waals surface area contributed by atoms with E-state index in [9.17, 15) is 22.8 Å². The van der Waals surface area contributed by atoms with Gasteiger partial charge in [0.05, 0.1) is 12.1 Å². The first-order chi connectivity index (χ1) is 15.2. The van der Waals surface area contributed by atoms with Gasteiger partial charge in [0.25, 0.3) is 5.91 Å². The smallest absolute Gasteiger partial charge is 0.435 e. The largest absolute Gasteiger partial charge is 0.495 e. The van der Waals surface area contributed by atoms with Gasteiger partial charge in [-0.15, -0.1) is 0 Å². The topological polar surface area (TPSA) is 82.5 Å². The molecule has 0 saturated heterocycles. The summed E-state index contributed by atoms with van der Waals surface area (Å²) in [7, 11) is 1.45. The fraction of sp³-hybridized carbons (Fsp3) is 0.190. The van der Waals surface area contributed by atoms with E-state index < -0.39 is 36.4 Å². The zero-order valence-electron chi connectivity index (χ0n) is 16.6. The van der Waals surface area contributed by atoms with Gasteiger partial charge in [-0.1, -0.05) is 41.9 Å². The molecule has 11 heteroatoms. The van der Waals surface area contributed by atoms with Gasteiger partial charge in [0.1, 0.15) is 12.3 Å². The zero-order valence-corrected chi connectivity index (χ0v) is 17.4. The Morgan fingerprint density at radius 3 is 2.47 bits per heavy atom. The number of benzene rings is 2. The fourth-order valence-corrected chi connectivity index (χ4v) is 3.01. The van der Waals surface area contributed by atoms with Crippen LogP contribution in [0.5, 0.6) is 5.75 Å². The van der Waals surface area contributed by atoms with Crippen molar-refractivity contribution in [1.82, 2.24) is 9.78 Å². The Balaban J connectivity index is 1.76. The Morgan fingerprint density at radius 1 is 1.16 bits per heavy atom. The van der Waals surface area contributed by atoms with Gasteiger partial charge in [-0.2, -0.15) is 18.3 Å². The van der Waals surface area contributed by atoms with Gasteiger partial charge < -0.3 is 14.8 Å². The first-order valence-corrected chi connectivity index (χ1v) is 9.54. The van der Waals surface area contributed by atoms with Crippen molar-refractivity contribution in [3.63, 3.8) is 0 Å². The van der Waals surface area contributed by atoms with Crippen LogP contribution >= 0.6 is 11.6 Å². The van der Waals surface area contributed by atoms with E-state index in [1.54, 1.807) is 42.5 Å². The van der Waals surface area contributed by atoms with Gasteiger partial charge in [-0.3, -0.25) is 14.3 Å². The molecular formula is C21H17ClF3N3O4. The van der Waals surface area contributed by atoms with Crippen LogP contribution in [-0.4, -0.2) is 28.8 Å². The fourth-order valence-electron chi connectivity index (χ4n) is 2.75. The number of esters is 1. The van der Waals surface area contributed by atoms with E-state index >= 15 is 0 Å². The number of methoxy groups -OCH3 is 1. The van der Waals surface area contributed by atoms with Crippen molar-refractivity contribution in [1.29, 1.82) is 0 Å². The number of ether oxygens (including phenoxy) is 2. The molecule has 0 fully saturated rings. The van der Waals surface area contributed by atoms with Crippen LogP contribution in [0.25, 0.3) is 0 Å². The van der Waals surface area contributed by atoms with Gasteiger partial charge in [0.2, 0.25) is 6.10 Å². The van der Waals surface area contributed by atoms with Crippen LogP contribution in [0.2, 0.25) is 5.02 Å². The summed E-state index contributed by atoms with van der Waals surface area (Å²) >= 11 is 6.07. The average Bonchev–Trinajstić information content (AvgIpc) is 3.22. The van der Waals surface area contributed by atoms with Crippen molar-refractivity contribution >= 4 is 29.2 Å². The molecule has 2 aromatic carbocycles.